The van der Waals surface area contributed by atoms with Crippen molar-refractivity contribution in [1.29, 1.82) is 0 Å². The molecule has 1 aromatic heterocycles. The molecule has 1 amide bonds. The largest absolute Gasteiger partial charge is 0.468 e. The molecule has 1 aromatic rings. The minimum atomic E-state index is -4.42. The molecule has 1 aliphatic heterocycles. The molecule has 0 aliphatic carbocycles. The van der Waals surface area contributed by atoms with Crippen LogP contribution in [0.4, 0.5) is 13.2 Å². The number of nitrogens with one attached hydrogen (secondary N) is 1. The number of alkyl halides is 3. The quantitative estimate of drug-likeness (QED) is 0.842. The van der Waals surface area contributed by atoms with E-state index < -0.39 is 12.8 Å². The number of carbonyl (C=O) groups excluding carboxylic acids is 1. The molecule has 2 heterocycles. The first-order valence-corrected chi connectivity index (χ1v) is 7.43. The zero-order chi connectivity index (χ0) is 17.7. The number of aromatic nitrogens is 1. The summed E-state index contributed by atoms with van der Waals surface area (Å²) < 4.78 is 46.3. The lowest BCUT2D eigenvalue weighted by Crippen LogP contribution is -2.41. The van der Waals surface area contributed by atoms with Crippen molar-refractivity contribution in [3.63, 3.8) is 0 Å². The van der Waals surface area contributed by atoms with Crippen molar-refractivity contribution in [3.05, 3.63) is 23.9 Å². The van der Waals surface area contributed by atoms with E-state index >= 15 is 0 Å². The second-order valence-electron chi connectivity index (χ2n) is 5.67. The van der Waals surface area contributed by atoms with Crippen molar-refractivity contribution in [3.8, 4) is 5.88 Å². The van der Waals surface area contributed by atoms with Gasteiger partial charge in [-0.05, 0) is 25.1 Å². The first-order chi connectivity index (χ1) is 11.3. The lowest BCUT2D eigenvalue weighted by Gasteiger charge is -2.18. The molecule has 1 saturated heterocycles. The Hall–Kier alpha value is -1.87. The molecule has 1 N–H and O–H groups in total. The molecule has 134 valence electrons. The number of carbonyl (C=O) groups is 1. The van der Waals surface area contributed by atoms with Gasteiger partial charge in [0, 0.05) is 32.5 Å². The summed E-state index contributed by atoms with van der Waals surface area (Å²) in [5, 5.41) is 2.77. The van der Waals surface area contributed by atoms with E-state index in [1.165, 1.54) is 12.3 Å². The molecule has 1 aliphatic rings. The van der Waals surface area contributed by atoms with Gasteiger partial charge >= 0.3 is 6.18 Å². The van der Waals surface area contributed by atoms with E-state index in [0.29, 0.717) is 18.5 Å². The molecule has 9 heteroatoms. The van der Waals surface area contributed by atoms with Gasteiger partial charge in [-0.1, -0.05) is 0 Å². The minimum absolute atomic E-state index is 0.0223. The van der Waals surface area contributed by atoms with E-state index in [1.54, 1.807) is 13.2 Å². The second kappa shape index (κ2) is 7.80. The summed E-state index contributed by atoms with van der Waals surface area (Å²) in [4.78, 5) is 17.9. The summed E-state index contributed by atoms with van der Waals surface area (Å²) in [6.45, 7) is -0.536. The average molecular weight is 347 g/mol. The van der Waals surface area contributed by atoms with E-state index in [1.807, 2.05) is 11.9 Å². The minimum Gasteiger partial charge on any atom is -0.468 e. The van der Waals surface area contributed by atoms with Crippen LogP contribution in [0, 0.1) is 0 Å². The Morgan fingerprint density at radius 2 is 2.25 bits per heavy atom. The Kier molecular flexibility index (Phi) is 6.00. The molecular weight excluding hydrogens is 327 g/mol. The lowest BCUT2D eigenvalue weighted by atomic mass is 10.2. The van der Waals surface area contributed by atoms with Crippen molar-refractivity contribution < 1.29 is 27.4 Å². The van der Waals surface area contributed by atoms with Crippen molar-refractivity contribution >= 4 is 5.91 Å². The molecule has 2 rings (SSSR count). The third-order valence-corrected chi connectivity index (χ3v) is 3.80. The predicted molar refractivity (Wildman–Crippen MR) is 79.5 cm³/mol. The highest BCUT2D eigenvalue weighted by Gasteiger charge is 2.34. The number of hydrogen-bond donors (Lipinski definition) is 1. The number of hydrogen-bond acceptors (Lipinski definition) is 5. The fourth-order valence-corrected chi connectivity index (χ4v) is 2.53. The molecule has 0 saturated carbocycles. The van der Waals surface area contributed by atoms with E-state index in [9.17, 15) is 18.0 Å². The molecule has 0 unspecified atom stereocenters. The van der Waals surface area contributed by atoms with Crippen LogP contribution in [-0.4, -0.2) is 61.4 Å². The summed E-state index contributed by atoms with van der Waals surface area (Å²) in [6, 6.07) is 2.71. The summed E-state index contributed by atoms with van der Waals surface area (Å²) in [5.74, 6) is -0.275. The topological polar surface area (TPSA) is 63.7 Å². The maximum atomic E-state index is 12.2. The third kappa shape index (κ3) is 5.34. The highest BCUT2D eigenvalue weighted by Crippen LogP contribution is 2.19. The van der Waals surface area contributed by atoms with Gasteiger partial charge in [-0.2, -0.15) is 13.2 Å². The van der Waals surface area contributed by atoms with Gasteiger partial charge in [-0.3, -0.25) is 9.69 Å². The molecule has 1 fully saturated rings. The molecular formula is C15H20F3N3O3. The van der Waals surface area contributed by atoms with Crippen LogP contribution in [0.5, 0.6) is 5.88 Å². The van der Waals surface area contributed by atoms with Gasteiger partial charge in [0.1, 0.15) is 0 Å². The predicted octanol–water partition coefficient (Wildman–Crippen LogP) is 1.36. The van der Waals surface area contributed by atoms with E-state index in [0.717, 1.165) is 0 Å². The lowest BCUT2D eigenvalue weighted by molar-refractivity contribution is -0.154. The normalized spacial score (nSPS) is 21.7. The second-order valence-corrected chi connectivity index (χ2v) is 5.67. The van der Waals surface area contributed by atoms with E-state index in [2.05, 4.69) is 15.0 Å². The van der Waals surface area contributed by atoms with Crippen LogP contribution in [0.15, 0.2) is 18.3 Å². The smallest absolute Gasteiger partial charge is 0.422 e. The number of ether oxygens (including phenoxy) is 2. The number of rotatable bonds is 6. The van der Waals surface area contributed by atoms with Gasteiger partial charge in [0.05, 0.1) is 12.1 Å². The van der Waals surface area contributed by atoms with Gasteiger partial charge in [0.2, 0.25) is 11.8 Å². The summed E-state index contributed by atoms with van der Waals surface area (Å²) >= 11 is 0. The molecule has 0 aromatic carbocycles. The molecule has 2 atom stereocenters. The van der Waals surface area contributed by atoms with Crippen LogP contribution in [-0.2, 0) is 16.1 Å². The summed E-state index contributed by atoms with van der Waals surface area (Å²) in [7, 11) is 3.46. The van der Waals surface area contributed by atoms with Crippen LogP contribution < -0.4 is 10.1 Å². The summed E-state index contributed by atoms with van der Waals surface area (Å²) in [5.41, 5.74) is 0.611. The maximum Gasteiger partial charge on any atom is 0.422 e. The Balaban J connectivity index is 1.86. The zero-order valence-electron chi connectivity index (χ0n) is 13.5. The zero-order valence-corrected chi connectivity index (χ0v) is 13.5. The Morgan fingerprint density at radius 3 is 2.88 bits per heavy atom. The monoisotopic (exact) mass is 347 g/mol. The van der Waals surface area contributed by atoms with Gasteiger partial charge in [0.15, 0.2) is 6.61 Å². The number of halogens is 3. The Morgan fingerprint density at radius 1 is 1.50 bits per heavy atom. The number of nitrogens with zero attached hydrogens (tertiary/aromatic N) is 2. The fraction of sp³-hybridized carbons (Fsp3) is 0.600. The first kappa shape index (κ1) is 18.5. The highest BCUT2D eigenvalue weighted by atomic mass is 19.4. The van der Waals surface area contributed by atoms with Crippen LogP contribution in [0.3, 0.4) is 0 Å². The number of pyridine rings is 1. The Labute approximate surface area is 137 Å². The van der Waals surface area contributed by atoms with Crippen molar-refractivity contribution in [1.82, 2.24) is 15.2 Å². The number of likely N-dealkylation sites (N-methyl/N-ethyl adjacent to an activating group) is 1. The Bertz CT molecular complexity index is 568. The highest BCUT2D eigenvalue weighted by molar-refractivity contribution is 5.82. The standard InChI is InChI=1S/C15H20F3N3O3/c1-21-8-11(23-2)6-12(21)14(22)20-7-10-3-4-19-13(5-10)24-9-15(16,17)18/h3-5,11-12H,6-9H2,1-2H3,(H,20,22)/t11-,12-/m0/s1. The van der Waals surface area contributed by atoms with Crippen LogP contribution in [0.25, 0.3) is 0 Å². The van der Waals surface area contributed by atoms with Gasteiger partial charge in [-0.25, -0.2) is 4.98 Å². The van der Waals surface area contributed by atoms with E-state index in [-0.39, 0.29) is 30.5 Å². The van der Waals surface area contributed by atoms with Gasteiger partial charge in [0.25, 0.3) is 0 Å². The maximum absolute atomic E-state index is 12.2. The summed E-state index contributed by atoms with van der Waals surface area (Å²) in [6.07, 6.45) is -2.45. The molecule has 0 bridgehead atoms. The number of amides is 1. The van der Waals surface area contributed by atoms with Gasteiger partial charge in [-0.15, -0.1) is 0 Å². The van der Waals surface area contributed by atoms with E-state index in [4.69, 9.17) is 4.74 Å². The van der Waals surface area contributed by atoms with Gasteiger partial charge < -0.3 is 14.8 Å². The van der Waals surface area contributed by atoms with Crippen molar-refractivity contribution in [2.24, 2.45) is 0 Å². The van der Waals surface area contributed by atoms with Crippen LogP contribution in [0.1, 0.15) is 12.0 Å². The molecule has 0 radical (unpaired) electrons. The SMILES string of the molecule is CO[C@H]1C[C@@H](C(=O)NCc2ccnc(OCC(F)(F)F)c2)N(C)C1. The number of likely N-dealkylation sites (tertiary alicyclic amines) is 1. The number of methoxy groups -OCH3 is 1. The molecule has 6 nitrogen and oxygen atoms in total. The third-order valence-electron chi connectivity index (χ3n) is 3.80. The average Bonchev–Trinajstić information content (AvgIpc) is 2.91. The van der Waals surface area contributed by atoms with Crippen molar-refractivity contribution in [2.75, 3.05) is 27.3 Å². The van der Waals surface area contributed by atoms with Crippen LogP contribution in [0.2, 0.25) is 0 Å². The van der Waals surface area contributed by atoms with Crippen LogP contribution >= 0.6 is 0 Å². The fourth-order valence-electron chi connectivity index (χ4n) is 2.53. The molecule has 24 heavy (non-hydrogen) atoms. The van der Waals surface area contributed by atoms with Crippen molar-refractivity contribution in [2.45, 2.75) is 31.3 Å². The first-order valence-electron chi connectivity index (χ1n) is 7.43. The molecule has 0 spiro atoms.